The summed E-state index contributed by atoms with van der Waals surface area (Å²) in [4.78, 5) is 0. The highest BCUT2D eigenvalue weighted by molar-refractivity contribution is 6.30. The molecule has 0 aliphatic heterocycles. The third-order valence-corrected chi connectivity index (χ3v) is 4.17. The van der Waals surface area contributed by atoms with Gasteiger partial charge in [-0.2, -0.15) is 5.10 Å². The third-order valence-electron chi connectivity index (χ3n) is 3.77. The van der Waals surface area contributed by atoms with E-state index in [9.17, 15) is 5.11 Å². The molecule has 3 rings (SSSR count). The van der Waals surface area contributed by atoms with E-state index in [1.807, 2.05) is 4.68 Å². The van der Waals surface area contributed by atoms with Crippen LogP contribution in [-0.4, -0.2) is 14.9 Å². The maximum Gasteiger partial charge on any atom is 0.133 e. The molecule has 2 aliphatic carbocycles. The number of hydrogen-bond acceptors (Lipinski definition) is 2. The summed E-state index contributed by atoms with van der Waals surface area (Å²) in [7, 11) is 0. The summed E-state index contributed by atoms with van der Waals surface area (Å²) < 4.78 is 1.97. The zero-order chi connectivity index (χ0) is 11.1. The van der Waals surface area contributed by atoms with Crippen molar-refractivity contribution >= 4 is 11.6 Å². The molecule has 0 unspecified atom stereocenters. The van der Waals surface area contributed by atoms with Crippen LogP contribution < -0.4 is 0 Å². The van der Waals surface area contributed by atoms with Gasteiger partial charge >= 0.3 is 0 Å². The Bertz CT molecular complexity index is 392. The van der Waals surface area contributed by atoms with Gasteiger partial charge in [-0.1, -0.05) is 24.4 Å². The molecule has 4 heteroatoms. The van der Waals surface area contributed by atoms with Gasteiger partial charge in [-0.15, -0.1) is 0 Å². The molecule has 2 fully saturated rings. The molecule has 0 saturated heterocycles. The van der Waals surface area contributed by atoms with Gasteiger partial charge in [-0.3, -0.25) is 4.68 Å². The Labute approximate surface area is 100 Å². The van der Waals surface area contributed by atoms with E-state index in [4.69, 9.17) is 11.6 Å². The predicted molar refractivity (Wildman–Crippen MR) is 62.6 cm³/mol. The quantitative estimate of drug-likeness (QED) is 0.882. The van der Waals surface area contributed by atoms with Crippen LogP contribution in [0.25, 0.3) is 0 Å². The molecule has 1 heterocycles. The zero-order valence-corrected chi connectivity index (χ0v) is 10.1. The van der Waals surface area contributed by atoms with Crippen molar-refractivity contribution in [3.63, 3.8) is 0 Å². The Hall–Kier alpha value is -0.540. The van der Waals surface area contributed by atoms with Crippen molar-refractivity contribution in [1.29, 1.82) is 0 Å². The van der Waals surface area contributed by atoms with Crippen molar-refractivity contribution in [2.24, 2.45) is 0 Å². The summed E-state index contributed by atoms with van der Waals surface area (Å²) in [6, 6.07) is 0.463. The van der Waals surface area contributed by atoms with Crippen molar-refractivity contribution in [1.82, 2.24) is 9.78 Å². The molecule has 0 radical (unpaired) electrons. The minimum atomic E-state index is 0.0252. The smallest absolute Gasteiger partial charge is 0.133 e. The van der Waals surface area contributed by atoms with E-state index in [-0.39, 0.29) is 6.61 Å². The van der Waals surface area contributed by atoms with Crippen molar-refractivity contribution in [3.05, 3.63) is 16.4 Å². The minimum Gasteiger partial charge on any atom is -0.391 e. The van der Waals surface area contributed by atoms with Gasteiger partial charge in [0.15, 0.2) is 0 Å². The third kappa shape index (κ3) is 1.66. The van der Waals surface area contributed by atoms with Crippen LogP contribution in [0.15, 0.2) is 0 Å². The first-order valence-corrected chi connectivity index (χ1v) is 6.56. The van der Waals surface area contributed by atoms with Crippen molar-refractivity contribution < 1.29 is 5.11 Å². The van der Waals surface area contributed by atoms with Crippen LogP contribution in [0.2, 0.25) is 5.15 Å². The second kappa shape index (κ2) is 4.04. The first-order chi connectivity index (χ1) is 7.81. The van der Waals surface area contributed by atoms with Crippen LogP contribution in [0.5, 0.6) is 0 Å². The van der Waals surface area contributed by atoms with Crippen LogP contribution in [-0.2, 0) is 6.61 Å². The molecule has 2 aliphatic rings. The van der Waals surface area contributed by atoms with Gasteiger partial charge in [-0.05, 0) is 25.7 Å². The summed E-state index contributed by atoms with van der Waals surface area (Å²) in [5, 5.41) is 14.7. The molecule has 3 nitrogen and oxygen atoms in total. The number of aliphatic hydroxyl groups excluding tert-OH is 1. The van der Waals surface area contributed by atoms with Crippen molar-refractivity contribution in [2.45, 2.75) is 57.1 Å². The summed E-state index contributed by atoms with van der Waals surface area (Å²) in [5.74, 6) is 0.558. The molecule has 0 aromatic carbocycles. The molecule has 0 spiro atoms. The molecule has 1 aromatic heterocycles. The van der Waals surface area contributed by atoms with Gasteiger partial charge in [0, 0.05) is 11.5 Å². The molecule has 88 valence electrons. The maximum atomic E-state index is 9.39. The number of hydrogen-bond donors (Lipinski definition) is 1. The standard InChI is InChI=1S/C12H17ClN2O/c13-12-10(7-16)11(8-5-6-8)14-15(12)9-3-1-2-4-9/h8-9,16H,1-7H2. The lowest BCUT2D eigenvalue weighted by molar-refractivity contribution is 0.280. The molecule has 1 N–H and O–H groups in total. The summed E-state index contributed by atoms with van der Waals surface area (Å²) in [6.45, 7) is 0.0252. The van der Waals surface area contributed by atoms with E-state index < -0.39 is 0 Å². The second-order valence-electron chi connectivity index (χ2n) is 4.97. The van der Waals surface area contributed by atoms with Crippen LogP contribution in [0.4, 0.5) is 0 Å². The van der Waals surface area contributed by atoms with Crippen molar-refractivity contribution in [2.75, 3.05) is 0 Å². The van der Waals surface area contributed by atoms with Gasteiger partial charge < -0.3 is 5.11 Å². The first-order valence-electron chi connectivity index (χ1n) is 6.19. The molecule has 1 aromatic rings. The number of rotatable bonds is 3. The van der Waals surface area contributed by atoms with E-state index in [2.05, 4.69) is 5.10 Å². The van der Waals surface area contributed by atoms with E-state index in [1.165, 1.54) is 38.5 Å². The molecule has 2 saturated carbocycles. The fourth-order valence-corrected chi connectivity index (χ4v) is 3.02. The van der Waals surface area contributed by atoms with Crippen LogP contribution in [0, 0.1) is 0 Å². The number of nitrogens with zero attached hydrogens (tertiary/aromatic N) is 2. The van der Waals surface area contributed by atoms with Gasteiger partial charge in [0.2, 0.25) is 0 Å². The Morgan fingerprint density at radius 3 is 2.50 bits per heavy atom. The molecule has 16 heavy (non-hydrogen) atoms. The number of halogens is 1. The van der Waals surface area contributed by atoms with Gasteiger partial charge in [0.25, 0.3) is 0 Å². The lowest BCUT2D eigenvalue weighted by Gasteiger charge is -2.10. The van der Waals surface area contributed by atoms with E-state index in [0.717, 1.165) is 11.3 Å². The first kappa shape index (κ1) is 10.6. The van der Waals surface area contributed by atoms with Gasteiger partial charge in [-0.25, -0.2) is 0 Å². The fraction of sp³-hybridized carbons (Fsp3) is 0.750. The van der Waals surface area contributed by atoms with E-state index >= 15 is 0 Å². The minimum absolute atomic E-state index is 0.0252. The molecule has 0 atom stereocenters. The van der Waals surface area contributed by atoms with Crippen molar-refractivity contribution in [3.8, 4) is 0 Å². The highest BCUT2D eigenvalue weighted by atomic mass is 35.5. The Morgan fingerprint density at radius 1 is 1.25 bits per heavy atom. The highest BCUT2D eigenvalue weighted by Crippen LogP contribution is 2.44. The van der Waals surface area contributed by atoms with Crippen LogP contribution in [0.1, 0.15) is 61.7 Å². The Morgan fingerprint density at radius 2 is 1.94 bits per heavy atom. The van der Waals surface area contributed by atoms with E-state index in [1.54, 1.807) is 0 Å². The topological polar surface area (TPSA) is 38.1 Å². The van der Waals surface area contributed by atoms with E-state index in [0.29, 0.717) is 17.1 Å². The molecular weight excluding hydrogens is 224 g/mol. The zero-order valence-electron chi connectivity index (χ0n) is 9.32. The largest absolute Gasteiger partial charge is 0.391 e. The summed E-state index contributed by atoms with van der Waals surface area (Å²) in [5.41, 5.74) is 1.93. The number of aromatic nitrogens is 2. The molecular formula is C12H17ClN2O. The second-order valence-corrected chi connectivity index (χ2v) is 5.33. The monoisotopic (exact) mass is 240 g/mol. The maximum absolute atomic E-state index is 9.39. The normalized spacial score (nSPS) is 21.9. The SMILES string of the molecule is OCc1c(C2CC2)nn(C2CCCC2)c1Cl. The highest BCUT2D eigenvalue weighted by Gasteiger charge is 2.32. The van der Waals surface area contributed by atoms with Gasteiger partial charge in [0.1, 0.15) is 5.15 Å². The summed E-state index contributed by atoms with van der Waals surface area (Å²) in [6.07, 6.45) is 7.30. The fourth-order valence-electron chi connectivity index (χ4n) is 2.69. The lowest BCUT2D eigenvalue weighted by Crippen LogP contribution is -2.06. The van der Waals surface area contributed by atoms with Crippen LogP contribution >= 0.6 is 11.6 Å². The Kier molecular flexibility index (Phi) is 2.68. The summed E-state index contributed by atoms with van der Waals surface area (Å²) >= 11 is 6.32. The average Bonchev–Trinajstić information content (AvgIpc) is 2.88. The molecule has 0 bridgehead atoms. The molecule has 0 amide bonds. The predicted octanol–water partition coefficient (Wildman–Crippen LogP) is 3.02. The lowest BCUT2D eigenvalue weighted by atomic mass is 10.2. The average molecular weight is 241 g/mol. The van der Waals surface area contributed by atoms with Crippen LogP contribution in [0.3, 0.4) is 0 Å². The number of aliphatic hydroxyl groups is 1. The van der Waals surface area contributed by atoms with Gasteiger partial charge in [0.05, 0.1) is 18.3 Å². The Balaban J connectivity index is 1.97.